The van der Waals surface area contributed by atoms with Gasteiger partial charge in [-0.2, -0.15) is 10.2 Å². The monoisotopic (exact) mass is 408 g/mol. The van der Waals surface area contributed by atoms with Crippen molar-refractivity contribution in [2.24, 2.45) is 20.5 Å². The zero-order valence-corrected chi connectivity index (χ0v) is 15.0. The number of nitro groups is 2. The molecule has 0 saturated carbocycles. The summed E-state index contributed by atoms with van der Waals surface area (Å²) < 4.78 is 0. The first-order valence-electron chi connectivity index (χ1n) is 8.22. The summed E-state index contributed by atoms with van der Waals surface area (Å²) in [7, 11) is 0. The number of nitrogens with zero attached hydrogens (tertiary/aromatic N) is 6. The first-order chi connectivity index (χ1) is 14.3. The number of aromatic hydroxyl groups is 2. The summed E-state index contributed by atoms with van der Waals surface area (Å²) in [5, 5.41) is 56.7. The van der Waals surface area contributed by atoms with E-state index in [0.29, 0.717) is 11.4 Å². The smallest absolute Gasteiger partial charge is 0.269 e. The number of azo groups is 2. The third kappa shape index (κ3) is 4.75. The van der Waals surface area contributed by atoms with Crippen LogP contribution in [0.15, 0.2) is 81.1 Å². The van der Waals surface area contributed by atoms with Gasteiger partial charge in [0.05, 0.1) is 21.2 Å². The molecule has 3 aromatic carbocycles. The number of non-ortho nitro benzene ring substituents is 2. The van der Waals surface area contributed by atoms with E-state index < -0.39 is 9.85 Å². The highest BCUT2D eigenvalue weighted by Crippen LogP contribution is 2.39. The SMILES string of the molecule is O=[N+]([O-])c1ccc(N=Nc2cc(N=Nc3ccc([N+](=O)[O-])cc3)c(O)cc2O)cc1. The Balaban J connectivity index is 1.82. The van der Waals surface area contributed by atoms with Gasteiger partial charge in [0.2, 0.25) is 0 Å². The number of hydrogen-bond acceptors (Lipinski definition) is 10. The van der Waals surface area contributed by atoms with Crippen molar-refractivity contribution in [2.75, 3.05) is 0 Å². The van der Waals surface area contributed by atoms with E-state index in [0.717, 1.165) is 6.07 Å². The molecule has 0 radical (unpaired) electrons. The molecule has 0 heterocycles. The lowest BCUT2D eigenvalue weighted by atomic mass is 10.2. The number of phenolic OH excluding ortho intramolecular Hbond substituents is 2. The minimum absolute atomic E-state index is 0.0243. The molecule has 0 fully saturated rings. The number of phenols is 2. The van der Waals surface area contributed by atoms with Crippen LogP contribution in [0, 0.1) is 20.2 Å². The summed E-state index contributed by atoms with van der Waals surface area (Å²) >= 11 is 0. The van der Waals surface area contributed by atoms with Gasteiger partial charge in [0.15, 0.2) is 0 Å². The first-order valence-corrected chi connectivity index (χ1v) is 8.22. The average molecular weight is 408 g/mol. The maximum Gasteiger partial charge on any atom is 0.269 e. The van der Waals surface area contributed by atoms with Crippen molar-refractivity contribution in [1.82, 2.24) is 0 Å². The standard InChI is InChI=1S/C18H12N6O6/c25-17-10-18(26)16(22-20-12-3-7-14(8-4-12)24(29)30)9-15(17)21-19-11-1-5-13(6-2-11)23(27)28/h1-10,25-26H. The lowest BCUT2D eigenvalue weighted by Gasteiger charge is -2.02. The predicted molar refractivity (Wildman–Crippen MR) is 104 cm³/mol. The van der Waals surface area contributed by atoms with Crippen molar-refractivity contribution in [1.29, 1.82) is 0 Å². The fourth-order valence-corrected chi connectivity index (χ4v) is 2.22. The molecule has 12 heteroatoms. The molecule has 0 amide bonds. The van der Waals surface area contributed by atoms with Crippen LogP contribution >= 0.6 is 0 Å². The van der Waals surface area contributed by atoms with Gasteiger partial charge < -0.3 is 10.2 Å². The molecule has 0 aliphatic rings. The van der Waals surface area contributed by atoms with Gasteiger partial charge in [0.1, 0.15) is 22.9 Å². The van der Waals surface area contributed by atoms with Crippen LogP contribution in [-0.4, -0.2) is 20.1 Å². The molecule has 0 spiro atoms. The predicted octanol–water partition coefficient (Wildman–Crippen LogP) is 5.75. The minimum atomic E-state index is -0.547. The fraction of sp³-hybridized carbons (Fsp3) is 0. The Morgan fingerprint density at radius 1 is 0.600 bits per heavy atom. The van der Waals surface area contributed by atoms with E-state index in [4.69, 9.17) is 0 Å². The van der Waals surface area contributed by atoms with E-state index in [-0.39, 0.29) is 34.2 Å². The molecular weight excluding hydrogens is 396 g/mol. The molecule has 2 N–H and O–H groups in total. The van der Waals surface area contributed by atoms with Gasteiger partial charge in [-0.3, -0.25) is 20.2 Å². The molecule has 3 rings (SSSR count). The lowest BCUT2D eigenvalue weighted by molar-refractivity contribution is -0.385. The van der Waals surface area contributed by atoms with Crippen molar-refractivity contribution < 1.29 is 20.1 Å². The summed E-state index contributed by atoms with van der Waals surface area (Å²) in [6.07, 6.45) is 0. The zero-order chi connectivity index (χ0) is 21.7. The molecule has 0 aliphatic heterocycles. The van der Waals surface area contributed by atoms with Gasteiger partial charge in [0.25, 0.3) is 11.4 Å². The molecule has 0 unspecified atom stereocenters. The van der Waals surface area contributed by atoms with Crippen molar-refractivity contribution in [3.05, 3.63) is 80.9 Å². The van der Waals surface area contributed by atoms with Crippen LogP contribution in [0.1, 0.15) is 0 Å². The quantitative estimate of drug-likeness (QED) is 0.298. The van der Waals surface area contributed by atoms with Gasteiger partial charge in [-0.15, -0.1) is 10.2 Å². The molecule has 12 nitrogen and oxygen atoms in total. The minimum Gasteiger partial charge on any atom is -0.505 e. The third-order valence-corrected chi connectivity index (χ3v) is 3.74. The van der Waals surface area contributed by atoms with Crippen LogP contribution in [0.5, 0.6) is 11.5 Å². The normalized spacial score (nSPS) is 11.2. The van der Waals surface area contributed by atoms with E-state index in [1.165, 1.54) is 54.6 Å². The van der Waals surface area contributed by atoms with Crippen LogP contribution in [-0.2, 0) is 0 Å². The van der Waals surface area contributed by atoms with Crippen LogP contribution in [0.4, 0.5) is 34.1 Å². The molecule has 0 atom stereocenters. The Morgan fingerprint density at radius 2 is 0.967 bits per heavy atom. The van der Waals surface area contributed by atoms with Crippen molar-refractivity contribution in [2.45, 2.75) is 0 Å². The van der Waals surface area contributed by atoms with Gasteiger partial charge in [-0.25, -0.2) is 0 Å². The summed E-state index contributed by atoms with van der Waals surface area (Å²) in [5.74, 6) is -0.736. The molecular formula is C18H12N6O6. The second-order valence-electron chi connectivity index (χ2n) is 5.78. The average Bonchev–Trinajstić information content (AvgIpc) is 2.73. The summed E-state index contributed by atoms with van der Waals surface area (Å²) in [5.41, 5.74) is 0.364. The second-order valence-corrected chi connectivity index (χ2v) is 5.78. The number of rotatable bonds is 6. The Kier molecular flexibility index (Phi) is 5.68. The fourth-order valence-electron chi connectivity index (χ4n) is 2.22. The Bertz CT molecular complexity index is 1070. The highest BCUT2D eigenvalue weighted by Gasteiger charge is 2.09. The van der Waals surface area contributed by atoms with Crippen LogP contribution in [0.25, 0.3) is 0 Å². The molecule has 150 valence electrons. The Hall–Kier alpha value is -4.74. The van der Waals surface area contributed by atoms with E-state index in [2.05, 4.69) is 20.5 Å². The van der Waals surface area contributed by atoms with Crippen molar-refractivity contribution in [3.63, 3.8) is 0 Å². The molecule has 0 aliphatic carbocycles. The molecule has 0 saturated heterocycles. The van der Waals surface area contributed by atoms with Gasteiger partial charge in [0, 0.05) is 36.4 Å². The lowest BCUT2D eigenvalue weighted by Crippen LogP contribution is -1.85. The number of benzene rings is 3. The highest BCUT2D eigenvalue weighted by atomic mass is 16.6. The first kappa shape index (κ1) is 20.0. The number of nitro benzene ring substituents is 2. The highest BCUT2D eigenvalue weighted by molar-refractivity contribution is 5.65. The van der Waals surface area contributed by atoms with Crippen molar-refractivity contribution in [3.8, 4) is 11.5 Å². The molecule has 30 heavy (non-hydrogen) atoms. The Morgan fingerprint density at radius 3 is 1.30 bits per heavy atom. The van der Waals surface area contributed by atoms with Crippen LogP contribution in [0.3, 0.4) is 0 Å². The summed E-state index contributed by atoms with van der Waals surface area (Å²) in [6.45, 7) is 0. The largest absolute Gasteiger partial charge is 0.505 e. The van der Waals surface area contributed by atoms with Gasteiger partial charge >= 0.3 is 0 Å². The van der Waals surface area contributed by atoms with E-state index in [9.17, 15) is 30.4 Å². The maximum absolute atomic E-state index is 10.7. The van der Waals surface area contributed by atoms with E-state index in [1.54, 1.807) is 0 Å². The van der Waals surface area contributed by atoms with E-state index >= 15 is 0 Å². The topological polar surface area (TPSA) is 176 Å². The second kappa shape index (κ2) is 8.52. The molecule has 0 aromatic heterocycles. The Labute approximate surface area is 167 Å². The molecule has 3 aromatic rings. The summed E-state index contributed by atoms with van der Waals surface area (Å²) in [4.78, 5) is 20.2. The molecule has 0 bridgehead atoms. The van der Waals surface area contributed by atoms with Crippen molar-refractivity contribution >= 4 is 34.1 Å². The maximum atomic E-state index is 10.7. The van der Waals surface area contributed by atoms with E-state index in [1.807, 2.05) is 0 Å². The summed E-state index contributed by atoms with van der Waals surface area (Å²) in [6, 6.07) is 12.8. The van der Waals surface area contributed by atoms with Crippen LogP contribution < -0.4 is 0 Å². The van der Waals surface area contributed by atoms with Gasteiger partial charge in [-0.05, 0) is 24.3 Å². The zero-order valence-electron chi connectivity index (χ0n) is 15.0. The van der Waals surface area contributed by atoms with Crippen LogP contribution in [0.2, 0.25) is 0 Å². The third-order valence-electron chi connectivity index (χ3n) is 3.74. The van der Waals surface area contributed by atoms with Gasteiger partial charge in [-0.1, -0.05) is 0 Å². The number of hydrogen-bond donors (Lipinski definition) is 2.